The van der Waals surface area contributed by atoms with E-state index in [1.165, 1.54) is 6.20 Å². The van der Waals surface area contributed by atoms with E-state index in [2.05, 4.69) is 20.6 Å². The van der Waals surface area contributed by atoms with Crippen LogP contribution in [-0.2, 0) is 0 Å². The van der Waals surface area contributed by atoms with Crippen LogP contribution < -0.4 is 10.6 Å². The lowest BCUT2D eigenvalue weighted by molar-refractivity contribution is -0.0373. The fraction of sp³-hybridized carbons (Fsp3) is 0.444. The normalized spacial score (nSPS) is 10.8. The molecule has 1 aromatic heterocycles. The number of hydrogen-bond acceptors (Lipinski definition) is 6. The Hall–Kier alpha value is -2.01. The minimum atomic E-state index is -3.27. The third-order valence-electron chi connectivity index (χ3n) is 1.88. The molecular formula is C9H11F2N5O. The van der Waals surface area contributed by atoms with Gasteiger partial charge in [-0.3, -0.25) is 0 Å². The Kier molecular flexibility index (Phi) is 4.12. The molecule has 6 nitrogen and oxygen atoms in total. The molecule has 0 aliphatic heterocycles. The number of halogens is 2. The predicted octanol–water partition coefficient (Wildman–Crippen LogP) is 0.429. The summed E-state index contributed by atoms with van der Waals surface area (Å²) in [7, 11) is 1.56. The number of anilines is 2. The van der Waals surface area contributed by atoms with Crippen LogP contribution in [0.3, 0.4) is 0 Å². The van der Waals surface area contributed by atoms with Gasteiger partial charge in [-0.15, -0.1) is 0 Å². The molecule has 1 heterocycles. The van der Waals surface area contributed by atoms with Crippen molar-refractivity contribution in [1.29, 1.82) is 5.26 Å². The SMILES string of the molecule is CNc1ncc(C#N)c(NCC(F)(F)CO)n1. The second-order valence-corrected chi connectivity index (χ2v) is 3.19. The van der Waals surface area contributed by atoms with Crippen LogP contribution in [0.4, 0.5) is 20.5 Å². The van der Waals surface area contributed by atoms with Gasteiger partial charge >= 0.3 is 0 Å². The van der Waals surface area contributed by atoms with Crippen molar-refractivity contribution in [3.05, 3.63) is 11.8 Å². The van der Waals surface area contributed by atoms with Gasteiger partial charge in [0, 0.05) is 7.05 Å². The van der Waals surface area contributed by atoms with Crippen molar-refractivity contribution in [3.8, 4) is 6.07 Å². The van der Waals surface area contributed by atoms with Crippen LogP contribution in [0.25, 0.3) is 0 Å². The molecule has 1 aromatic rings. The highest BCUT2D eigenvalue weighted by Gasteiger charge is 2.27. The molecule has 0 aromatic carbocycles. The Morgan fingerprint density at radius 2 is 2.29 bits per heavy atom. The number of nitrogens with zero attached hydrogens (tertiary/aromatic N) is 3. The minimum Gasteiger partial charge on any atom is -0.390 e. The summed E-state index contributed by atoms with van der Waals surface area (Å²) in [5, 5.41) is 22.1. The van der Waals surface area contributed by atoms with E-state index in [4.69, 9.17) is 10.4 Å². The average Bonchev–Trinajstić information content (AvgIpc) is 2.36. The van der Waals surface area contributed by atoms with Crippen LogP contribution in [0.2, 0.25) is 0 Å². The van der Waals surface area contributed by atoms with Crippen LogP contribution in [-0.4, -0.2) is 41.2 Å². The Morgan fingerprint density at radius 1 is 1.59 bits per heavy atom. The molecule has 0 aliphatic carbocycles. The molecule has 8 heteroatoms. The van der Waals surface area contributed by atoms with Crippen LogP contribution >= 0.6 is 0 Å². The first-order valence-corrected chi connectivity index (χ1v) is 4.70. The van der Waals surface area contributed by atoms with E-state index in [0.29, 0.717) is 0 Å². The second-order valence-electron chi connectivity index (χ2n) is 3.19. The summed E-state index contributed by atoms with van der Waals surface area (Å²) >= 11 is 0. The Balaban J connectivity index is 2.86. The van der Waals surface area contributed by atoms with Gasteiger partial charge in [0.05, 0.1) is 12.7 Å². The van der Waals surface area contributed by atoms with Gasteiger partial charge < -0.3 is 15.7 Å². The highest BCUT2D eigenvalue weighted by atomic mass is 19.3. The van der Waals surface area contributed by atoms with E-state index in [1.807, 2.05) is 0 Å². The summed E-state index contributed by atoms with van der Waals surface area (Å²) < 4.78 is 25.6. The van der Waals surface area contributed by atoms with Crippen molar-refractivity contribution in [2.45, 2.75) is 5.92 Å². The van der Waals surface area contributed by atoms with Crippen molar-refractivity contribution >= 4 is 11.8 Å². The zero-order valence-electron chi connectivity index (χ0n) is 9.04. The molecule has 0 unspecified atom stereocenters. The lowest BCUT2D eigenvalue weighted by Gasteiger charge is -2.15. The summed E-state index contributed by atoms with van der Waals surface area (Å²) in [4.78, 5) is 7.60. The van der Waals surface area contributed by atoms with Gasteiger partial charge in [-0.2, -0.15) is 10.2 Å². The number of nitriles is 1. The van der Waals surface area contributed by atoms with E-state index in [9.17, 15) is 8.78 Å². The van der Waals surface area contributed by atoms with Gasteiger partial charge in [-0.25, -0.2) is 13.8 Å². The van der Waals surface area contributed by atoms with Gasteiger partial charge in [-0.05, 0) is 0 Å². The maximum atomic E-state index is 12.8. The van der Waals surface area contributed by atoms with Crippen molar-refractivity contribution in [2.24, 2.45) is 0 Å². The number of aliphatic hydroxyl groups excluding tert-OH is 1. The Bertz CT molecular complexity index is 432. The highest BCUT2D eigenvalue weighted by Crippen LogP contribution is 2.16. The lowest BCUT2D eigenvalue weighted by atomic mass is 10.3. The molecule has 3 N–H and O–H groups in total. The first-order chi connectivity index (χ1) is 8.02. The standard InChI is InChI=1S/C9H11F2N5O/c1-13-8-14-3-6(2-12)7(16-8)15-4-9(10,11)5-17/h3,17H,4-5H2,1H3,(H2,13,14,15,16). The zero-order chi connectivity index (χ0) is 12.9. The predicted molar refractivity (Wildman–Crippen MR) is 56.8 cm³/mol. The van der Waals surface area contributed by atoms with Crippen molar-refractivity contribution in [2.75, 3.05) is 30.8 Å². The molecule has 0 saturated carbocycles. The molecule has 0 spiro atoms. The molecule has 17 heavy (non-hydrogen) atoms. The molecule has 1 rings (SSSR count). The number of hydrogen-bond donors (Lipinski definition) is 3. The van der Waals surface area contributed by atoms with Gasteiger partial charge in [0.15, 0.2) is 0 Å². The lowest BCUT2D eigenvalue weighted by Crippen LogP contribution is -2.31. The fourth-order valence-electron chi connectivity index (χ4n) is 0.988. The Labute approximate surface area is 96.3 Å². The Morgan fingerprint density at radius 3 is 2.82 bits per heavy atom. The van der Waals surface area contributed by atoms with Gasteiger partial charge in [0.2, 0.25) is 5.95 Å². The monoisotopic (exact) mass is 243 g/mol. The van der Waals surface area contributed by atoms with Gasteiger partial charge in [-0.1, -0.05) is 0 Å². The van der Waals surface area contributed by atoms with E-state index in [-0.39, 0.29) is 17.3 Å². The first-order valence-electron chi connectivity index (χ1n) is 4.70. The minimum absolute atomic E-state index is 0.0000231. The first kappa shape index (κ1) is 13.1. The number of rotatable bonds is 5. The second kappa shape index (κ2) is 5.36. The molecule has 0 amide bonds. The van der Waals surface area contributed by atoms with Crippen molar-refractivity contribution in [1.82, 2.24) is 9.97 Å². The average molecular weight is 243 g/mol. The van der Waals surface area contributed by atoms with Crippen molar-refractivity contribution < 1.29 is 13.9 Å². The molecule has 0 fully saturated rings. The van der Waals surface area contributed by atoms with Crippen LogP contribution in [0.1, 0.15) is 5.56 Å². The summed E-state index contributed by atoms with van der Waals surface area (Å²) in [5.74, 6) is -3.06. The number of aromatic nitrogens is 2. The zero-order valence-corrected chi connectivity index (χ0v) is 9.04. The number of nitrogens with one attached hydrogen (secondary N) is 2. The van der Waals surface area contributed by atoms with Crippen LogP contribution in [0, 0.1) is 11.3 Å². The van der Waals surface area contributed by atoms with E-state index in [0.717, 1.165) is 0 Å². The highest BCUT2D eigenvalue weighted by molar-refractivity contribution is 5.53. The summed E-state index contributed by atoms with van der Waals surface area (Å²) in [6, 6.07) is 1.78. The maximum absolute atomic E-state index is 12.8. The summed E-state index contributed by atoms with van der Waals surface area (Å²) in [6.07, 6.45) is 1.22. The van der Waals surface area contributed by atoms with E-state index in [1.54, 1.807) is 13.1 Å². The van der Waals surface area contributed by atoms with Crippen molar-refractivity contribution in [3.63, 3.8) is 0 Å². The fourth-order valence-corrected chi connectivity index (χ4v) is 0.988. The summed E-state index contributed by atoms with van der Waals surface area (Å²) in [6.45, 7) is -2.08. The van der Waals surface area contributed by atoms with E-state index < -0.39 is 19.1 Å². The number of aliphatic hydroxyl groups is 1. The maximum Gasteiger partial charge on any atom is 0.287 e. The molecular weight excluding hydrogens is 232 g/mol. The molecule has 0 radical (unpaired) electrons. The van der Waals surface area contributed by atoms with Crippen LogP contribution in [0.15, 0.2) is 6.20 Å². The molecule has 0 atom stereocenters. The van der Waals surface area contributed by atoms with E-state index >= 15 is 0 Å². The molecule has 92 valence electrons. The summed E-state index contributed by atoms with van der Waals surface area (Å²) in [5.41, 5.74) is 0.0535. The van der Waals surface area contributed by atoms with Crippen LogP contribution in [0.5, 0.6) is 0 Å². The quantitative estimate of drug-likeness (QED) is 0.694. The largest absolute Gasteiger partial charge is 0.390 e. The van der Waals surface area contributed by atoms with Gasteiger partial charge in [0.1, 0.15) is 24.1 Å². The molecule has 0 aliphatic rings. The molecule has 0 saturated heterocycles. The van der Waals surface area contributed by atoms with Gasteiger partial charge in [0.25, 0.3) is 5.92 Å². The smallest absolute Gasteiger partial charge is 0.287 e. The molecule has 0 bridgehead atoms. The number of alkyl halides is 2. The third-order valence-corrected chi connectivity index (χ3v) is 1.88. The third kappa shape index (κ3) is 3.49. The topological polar surface area (TPSA) is 93.9 Å².